The van der Waals surface area contributed by atoms with Gasteiger partial charge in [0.25, 0.3) is 0 Å². The summed E-state index contributed by atoms with van der Waals surface area (Å²) in [6, 6.07) is 11.5. The predicted molar refractivity (Wildman–Crippen MR) is 121 cm³/mol. The Morgan fingerprint density at radius 3 is 2.53 bits per heavy atom. The average molecular weight is 456 g/mol. The lowest BCUT2D eigenvalue weighted by Crippen LogP contribution is -2.15. The quantitative estimate of drug-likeness (QED) is 0.421. The van der Waals surface area contributed by atoms with Crippen molar-refractivity contribution >= 4 is 33.2 Å². The Balaban J connectivity index is 1.81. The van der Waals surface area contributed by atoms with Gasteiger partial charge in [-0.25, -0.2) is 22.9 Å². The molecule has 0 aliphatic carbocycles. The number of nitrogens with one attached hydrogen (secondary N) is 2. The summed E-state index contributed by atoms with van der Waals surface area (Å²) < 4.78 is 43.5. The minimum absolute atomic E-state index is 0.0250. The maximum atomic E-state index is 14.2. The van der Waals surface area contributed by atoms with Crippen LogP contribution in [0, 0.1) is 18.2 Å². The van der Waals surface area contributed by atoms with Crippen LogP contribution in [0.25, 0.3) is 0 Å². The molecule has 0 spiro atoms. The van der Waals surface area contributed by atoms with Gasteiger partial charge in [0.1, 0.15) is 12.4 Å². The Labute approximate surface area is 186 Å². The number of aryl methyl sites for hydroxylation is 1. The molecule has 0 atom stereocenters. The first-order valence-electron chi connectivity index (χ1n) is 9.68. The number of rotatable bonds is 9. The molecule has 0 amide bonds. The van der Waals surface area contributed by atoms with Crippen LogP contribution in [0.5, 0.6) is 5.75 Å². The summed E-state index contributed by atoms with van der Waals surface area (Å²) in [7, 11) is -3.91. The molecule has 2 aromatic carbocycles. The van der Waals surface area contributed by atoms with E-state index in [4.69, 9.17) is 16.3 Å². The van der Waals surface area contributed by atoms with Crippen molar-refractivity contribution < 1.29 is 17.5 Å². The Morgan fingerprint density at radius 2 is 1.88 bits per heavy atom. The van der Waals surface area contributed by atoms with Gasteiger partial charge in [-0.2, -0.15) is 4.98 Å². The van der Waals surface area contributed by atoms with Crippen LogP contribution >= 0.6 is 0 Å². The van der Waals surface area contributed by atoms with Crippen LogP contribution in [0.15, 0.2) is 53.6 Å². The van der Waals surface area contributed by atoms with Crippen LogP contribution in [0.2, 0.25) is 0 Å². The molecule has 0 radical (unpaired) electrons. The highest BCUT2D eigenvalue weighted by molar-refractivity contribution is 7.89. The third-order valence-corrected chi connectivity index (χ3v) is 5.33. The molecule has 0 saturated carbocycles. The van der Waals surface area contributed by atoms with E-state index in [0.29, 0.717) is 29.1 Å². The first-order chi connectivity index (χ1) is 15.3. The van der Waals surface area contributed by atoms with Gasteiger partial charge in [-0.15, -0.1) is 6.42 Å². The molecule has 1 aromatic heterocycles. The number of terminal acetylenes is 1. The molecule has 1 heterocycles. The number of halogens is 1. The maximum Gasteiger partial charge on any atom is 0.238 e. The van der Waals surface area contributed by atoms with Crippen molar-refractivity contribution in [3.8, 4) is 18.1 Å². The maximum absolute atomic E-state index is 14.2. The molecule has 4 N–H and O–H groups in total. The second-order valence-corrected chi connectivity index (χ2v) is 8.30. The van der Waals surface area contributed by atoms with Gasteiger partial charge in [0, 0.05) is 11.4 Å². The van der Waals surface area contributed by atoms with Crippen molar-refractivity contribution in [3.63, 3.8) is 0 Å². The zero-order valence-electron chi connectivity index (χ0n) is 17.3. The molecule has 0 aliphatic rings. The lowest BCUT2D eigenvalue weighted by molar-refractivity contribution is 0.370. The van der Waals surface area contributed by atoms with Gasteiger partial charge in [-0.1, -0.05) is 25.3 Å². The zero-order valence-corrected chi connectivity index (χ0v) is 18.1. The van der Waals surface area contributed by atoms with Gasteiger partial charge in [0.05, 0.1) is 11.1 Å². The number of nitrogens with two attached hydrogens (primary N) is 1. The first kappa shape index (κ1) is 23.0. The van der Waals surface area contributed by atoms with E-state index in [1.54, 1.807) is 36.4 Å². The van der Waals surface area contributed by atoms with Crippen LogP contribution in [0.3, 0.4) is 0 Å². The normalized spacial score (nSPS) is 10.9. The van der Waals surface area contributed by atoms with Crippen LogP contribution < -0.4 is 20.5 Å². The SMILES string of the molecule is C#CCOc1ccc(Nc2nc(Nc3ccc(CCC)c(S(N)(=O)=O)c3)ncc2F)cc1. The highest BCUT2D eigenvalue weighted by Crippen LogP contribution is 2.25. The number of primary sulfonamides is 1. The van der Waals surface area contributed by atoms with E-state index in [9.17, 15) is 12.8 Å². The number of hydrogen-bond acceptors (Lipinski definition) is 7. The lowest BCUT2D eigenvalue weighted by atomic mass is 10.1. The number of hydrogen-bond donors (Lipinski definition) is 3. The van der Waals surface area contributed by atoms with Crippen molar-refractivity contribution in [3.05, 3.63) is 60.0 Å². The van der Waals surface area contributed by atoms with Crippen LogP contribution in [0.1, 0.15) is 18.9 Å². The molecule has 0 unspecified atom stereocenters. The molecule has 10 heteroatoms. The van der Waals surface area contributed by atoms with Crippen molar-refractivity contribution in [2.24, 2.45) is 5.14 Å². The number of aromatic nitrogens is 2. The fourth-order valence-corrected chi connectivity index (χ4v) is 3.74. The minimum atomic E-state index is -3.91. The summed E-state index contributed by atoms with van der Waals surface area (Å²) in [5.74, 6) is 2.31. The highest BCUT2D eigenvalue weighted by atomic mass is 32.2. The predicted octanol–water partition coefficient (Wildman–Crippen LogP) is 3.71. The smallest absolute Gasteiger partial charge is 0.238 e. The van der Waals surface area contributed by atoms with Crippen LogP contribution in [-0.4, -0.2) is 25.0 Å². The fraction of sp³-hybridized carbons (Fsp3) is 0.182. The number of ether oxygens (including phenoxy) is 1. The molecule has 0 bridgehead atoms. The standard InChI is InChI=1S/C22H22FN5O3S/c1-3-5-15-6-7-17(13-20(15)32(24,29)30)27-22-25-14-19(23)21(28-22)26-16-8-10-18(11-9-16)31-12-4-2/h2,6-11,13-14H,3,5,12H2,1H3,(H2,24,29,30)(H2,25,26,27,28). The molecular formula is C22H22FN5O3S. The van der Waals surface area contributed by atoms with E-state index in [2.05, 4.69) is 26.5 Å². The van der Waals surface area contributed by atoms with E-state index in [-0.39, 0.29) is 23.3 Å². The largest absolute Gasteiger partial charge is 0.481 e. The van der Waals surface area contributed by atoms with Crippen molar-refractivity contribution in [2.45, 2.75) is 24.7 Å². The van der Waals surface area contributed by atoms with Gasteiger partial charge in [0.2, 0.25) is 16.0 Å². The fourth-order valence-electron chi connectivity index (χ4n) is 2.91. The molecular weight excluding hydrogens is 433 g/mol. The molecule has 166 valence electrons. The molecule has 0 fully saturated rings. The highest BCUT2D eigenvalue weighted by Gasteiger charge is 2.15. The first-order valence-corrected chi connectivity index (χ1v) is 11.2. The van der Waals surface area contributed by atoms with Gasteiger partial charge in [-0.05, 0) is 48.4 Å². The van der Waals surface area contributed by atoms with Gasteiger partial charge in [0.15, 0.2) is 11.6 Å². The van der Waals surface area contributed by atoms with E-state index in [0.717, 1.165) is 12.6 Å². The van der Waals surface area contributed by atoms with E-state index >= 15 is 0 Å². The van der Waals surface area contributed by atoms with Gasteiger partial charge >= 0.3 is 0 Å². The van der Waals surface area contributed by atoms with Crippen molar-refractivity contribution in [1.29, 1.82) is 0 Å². The monoisotopic (exact) mass is 455 g/mol. The van der Waals surface area contributed by atoms with Gasteiger partial charge < -0.3 is 15.4 Å². The second kappa shape index (κ2) is 10.1. The number of anilines is 4. The summed E-state index contributed by atoms with van der Waals surface area (Å²) in [5.41, 5.74) is 1.60. The van der Waals surface area contributed by atoms with E-state index < -0.39 is 15.8 Å². The van der Waals surface area contributed by atoms with Crippen molar-refractivity contribution in [1.82, 2.24) is 9.97 Å². The summed E-state index contributed by atoms with van der Waals surface area (Å²) in [4.78, 5) is 8.08. The Bertz CT molecular complexity index is 1240. The molecule has 3 rings (SSSR count). The van der Waals surface area contributed by atoms with Crippen LogP contribution in [0.4, 0.5) is 27.5 Å². The van der Waals surface area contributed by atoms with Crippen molar-refractivity contribution in [2.75, 3.05) is 17.2 Å². The Kier molecular flexibility index (Phi) is 7.25. The Hall–Kier alpha value is -3.68. The average Bonchev–Trinajstić information content (AvgIpc) is 2.76. The molecule has 3 aromatic rings. The molecule has 8 nitrogen and oxygen atoms in total. The third-order valence-electron chi connectivity index (χ3n) is 4.33. The minimum Gasteiger partial charge on any atom is -0.481 e. The summed E-state index contributed by atoms with van der Waals surface area (Å²) in [6.45, 7) is 2.09. The molecule has 0 saturated heterocycles. The Morgan fingerprint density at radius 1 is 1.16 bits per heavy atom. The lowest BCUT2D eigenvalue weighted by Gasteiger charge is -2.12. The second-order valence-electron chi connectivity index (χ2n) is 6.77. The van der Waals surface area contributed by atoms with E-state index in [1.165, 1.54) is 6.07 Å². The molecule has 32 heavy (non-hydrogen) atoms. The number of nitrogens with zero attached hydrogens (tertiary/aromatic N) is 2. The third kappa shape index (κ3) is 5.94. The zero-order chi connectivity index (χ0) is 23.1. The molecule has 0 aliphatic heterocycles. The number of sulfonamides is 1. The summed E-state index contributed by atoms with van der Waals surface area (Å²) in [5, 5.41) is 11.1. The van der Waals surface area contributed by atoms with Crippen LogP contribution in [-0.2, 0) is 16.4 Å². The summed E-state index contributed by atoms with van der Waals surface area (Å²) in [6.07, 6.45) is 7.50. The topological polar surface area (TPSA) is 119 Å². The van der Waals surface area contributed by atoms with Gasteiger partial charge in [-0.3, -0.25) is 0 Å². The number of benzene rings is 2. The van der Waals surface area contributed by atoms with E-state index in [1.807, 2.05) is 6.92 Å². The summed E-state index contributed by atoms with van der Waals surface area (Å²) >= 11 is 0.